The van der Waals surface area contributed by atoms with E-state index in [1.807, 2.05) is 58.0 Å². The number of thioether (sulfide) groups is 1. The Labute approximate surface area is 217 Å². The molecule has 10 heteroatoms. The quantitative estimate of drug-likeness (QED) is 0.305. The largest absolute Gasteiger partial charge is 0.461 e. The van der Waals surface area contributed by atoms with Gasteiger partial charge in [0.1, 0.15) is 0 Å². The number of halogens is 2. The second kappa shape index (κ2) is 10.4. The van der Waals surface area contributed by atoms with Crippen molar-refractivity contribution in [1.82, 2.24) is 19.7 Å². The summed E-state index contributed by atoms with van der Waals surface area (Å²) in [5.41, 5.74) is 3.14. The van der Waals surface area contributed by atoms with Gasteiger partial charge in [-0.05, 0) is 61.0 Å². The number of carbonyl (C=O) groups is 1. The zero-order chi connectivity index (χ0) is 24.4. The van der Waals surface area contributed by atoms with Gasteiger partial charge in [0.15, 0.2) is 10.9 Å². The standard InChI is InChI=1S/C25H23Cl2N5O2S/c1-17-4-5-19(27)15-21(17)30-10-12-31(13-11-30)23(33)16-35-25-29-28-24(22-3-2-14-34-22)32(25)20-8-6-18(26)7-9-20/h2-9,14-15H,10-13,16H2,1H3. The molecular formula is C25H23Cl2N5O2S. The Morgan fingerprint density at radius 2 is 1.74 bits per heavy atom. The molecule has 1 aliphatic rings. The number of furan rings is 1. The number of nitrogens with zero attached hydrogens (tertiary/aromatic N) is 5. The number of benzene rings is 2. The van der Waals surface area contributed by atoms with E-state index in [2.05, 4.69) is 22.0 Å². The van der Waals surface area contributed by atoms with Crippen LogP contribution in [0.25, 0.3) is 17.3 Å². The van der Waals surface area contributed by atoms with Crippen LogP contribution in [-0.4, -0.2) is 57.5 Å². The van der Waals surface area contributed by atoms with Crippen LogP contribution in [0.2, 0.25) is 10.0 Å². The number of aryl methyl sites for hydroxylation is 1. The molecule has 0 N–H and O–H groups in total. The van der Waals surface area contributed by atoms with Gasteiger partial charge in [0.25, 0.3) is 0 Å². The maximum Gasteiger partial charge on any atom is 0.233 e. The van der Waals surface area contributed by atoms with E-state index in [-0.39, 0.29) is 11.7 Å². The summed E-state index contributed by atoms with van der Waals surface area (Å²) in [5.74, 6) is 1.50. The molecule has 1 saturated heterocycles. The Balaban J connectivity index is 1.27. The molecule has 1 aliphatic heterocycles. The van der Waals surface area contributed by atoms with Gasteiger partial charge in [0.2, 0.25) is 11.7 Å². The Morgan fingerprint density at radius 3 is 2.46 bits per heavy atom. The third-order valence-electron chi connectivity index (χ3n) is 5.93. The molecule has 7 nitrogen and oxygen atoms in total. The SMILES string of the molecule is Cc1ccc(Cl)cc1N1CCN(C(=O)CSc2nnc(-c3ccco3)n2-c2ccc(Cl)cc2)CC1. The summed E-state index contributed by atoms with van der Waals surface area (Å²) in [6, 6.07) is 16.9. The minimum atomic E-state index is 0.0719. The van der Waals surface area contributed by atoms with Gasteiger partial charge in [0, 0.05) is 47.6 Å². The fraction of sp³-hybridized carbons (Fsp3) is 0.240. The fourth-order valence-corrected chi connectivity index (χ4v) is 5.24. The van der Waals surface area contributed by atoms with Gasteiger partial charge in [-0.15, -0.1) is 10.2 Å². The van der Waals surface area contributed by atoms with Gasteiger partial charge in [0.05, 0.1) is 12.0 Å². The average molecular weight is 528 g/mol. The molecule has 0 aliphatic carbocycles. The van der Waals surface area contributed by atoms with Crippen LogP contribution in [0.15, 0.2) is 70.4 Å². The number of anilines is 1. The van der Waals surface area contributed by atoms with Crippen molar-refractivity contribution in [1.29, 1.82) is 0 Å². The number of rotatable bonds is 6. The lowest BCUT2D eigenvalue weighted by Crippen LogP contribution is -2.49. The van der Waals surface area contributed by atoms with Crippen molar-refractivity contribution in [2.24, 2.45) is 0 Å². The number of carbonyl (C=O) groups excluding carboxylic acids is 1. The third-order valence-corrected chi connectivity index (χ3v) is 7.33. The molecule has 4 aromatic rings. The molecule has 3 heterocycles. The summed E-state index contributed by atoms with van der Waals surface area (Å²) < 4.78 is 7.44. The lowest BCUT2D eigenvalue weighted by atomic mass is 10.1. The maximum atomic E-state index is 13.0. The van der Waals surface area contributed by atoms with E-state index in [9.17, 15) is 4.79 Å². The molecule has 2 aromatic heterocycles. The zero-order valence-corrected chi connectivity index (χ0v) is 21.4. The molecule has 180 valence electrons. The molecule has 2 aromatic carbocycles. The van der Waals surface area contributed by atoms with Gasteiger partial charge in [-0.1, -0.05) is 41.0 Å². The predicted octanol–water partition coefficient (Wildman–Crippen LogP) is 5.58. The normalized spacial score (nSPS) is 13.9. The molecule has 0 radical (unpaired) electrons. The van der Waals surface area contributed by atoms with E-state index >= 15 is 0 Å². The van der Waals surface area contributed by atoms with E-state index in [0.29, 0.717) is 34.9 Å². The second-order valence-corrected chi connectivity index (χ2v) is 10.00. The lowest BCUT2D eigenvalue weighted by molar-refractivity contribution is -0.128. The summed E-state index contributed by atoms with van der Waals surface area (Å²) in [5, 5.41) is 10.6. The molecule has 1 amide bonds. The van der Waals surface area contributed by atoms with Crippen LogP contribution in [0, 0.1) is 6.92 Å². The summed E-state index contributed by atoms with van der Waals surface area (Å²) in [4.78, 5) is 17.2. The highest BCUT2D eigenvalue weighted by Crippen LogP contribution is 2.30. The topological polar surface area (TPSA) is 67.4 Å². The predicted molar refractivity (Wildman–Crippen MR) is 140 cm³/mol. The highest BCUT2D eigenvalue weighted by atomic mass is 35.5. The Bertz CT molecular complexity index is 1320. The minimum absolute atomic E-state index is 0.0719. The van der Waals surface area contributed by atoms with Crippen molar-refractivity contribution in [2.45, 2.75) is 12.1 Å². The van der Waals surface area contributed by atoms with E-state index in [1.165, 1.54) is 17.3 Å². The van der Waals surface area contributed by atoms with Crippen LogP contribution in [0.4, 0.5) is 5.69 Å². The molecule has 0 unspecified atom stereocenters. The van der Waals surface area contributed by atoms with E-state index < -0.39 is 0 Å². The summed E-state index contributed by atoms with van der Waals surface area (Å²) in [6.45, 7) is 4.93. The van der Waals surface area contributed by atoms with Gasteiger partial charge in [-0.3, -0.25) is 9.36 Å². The highest BCUT2D eigenvalue weighted by molar-refractivity contribution is 7.99. The average Bonchev–Trinajstić information content (AvgIpc) is 3.55. The zero-order valence-electron chi connectivity index (χ0n) is 19.0. The molecular weight excluding hydrogens is 505 g/mol. The lowest BCUT2D eigenvalue weighted by Gasteiger charge is -2.36. The first-order valence-corrected chi connectivity index (χ1v) is 12.9. The van der Waals surface area contributed by atoms with Crippen LogP contribution in [0.5, 0.6) is 0 Å². The fourth-order valence-electron chi connectivity index (χ4n) is 4.09. The maximum absolute atomic E-state index is 13.0. The first-order valence-electron chi connectivity index (χ1n) is 11.2. The van der Waals surface area contributed by atoms with Crippen molar-refractivity contribution >= 4 is 46.6 Å². The van der Waals surface area contributed by atoms with E-state index in [0.717, 1.165) is 29.5 Å². The second-order valence-electron chi connectivity index (χ2n) is 8.18. The summed E-state index contributed by atoms with van der Waals surface area (Å²) in [6.07, 6.45) is 1.59. The Morgan fingerprint density at radius 1 is 1.00 bits per heavy atom. The third kappa shape index (κ3) is 5.19. The van der Waals surface area contributed by atoms with Crippen molar-refractivity contribution in [2.75, 3.05) is 36.8 Å². The van der Waals surface area contributed by atoms with Crippen molar-refractivity contribution < 1.29 is 9.21 Å². The van der Waals surface area contributed by atoms with Crippen LogP contribution in [0.3, 0.4) is 0 Å². The van der Waals surface area contributed by atoms with Gasteiger partial charge >= 0.3 is 0 Å². The smallest absolute Gasteiger partial charge is 0.233 e. The Kier molecular flexibility index (Phi) is 7.04. The first-order chi connectivity index (χ1) is 17.0. The number of hydrogen-bond donors (Lipinski definition) is 0. The first kappa shape index (κ1) is 23.8. The highest BCUT2D eigenvalue weighted by Gasteiger charge is 2.24. The summed E-state index contributed by atoms with van der Waals surface area (Å²) >= 11 is 13.6. The van der Waals surface area contributed by atoms with Crippen molar-refractivity contribution in [3.63, 3.8) is 0 Å². The van der Waals surface area contributed by atoms with Gasteiger partial charge < -0.3 is 14.2 Å². The van der Waals surface area contributed by atoms with E-state index in [4.69, 9.17) is 27.6 Å². The number of hydrogen-bond acceptors (Lipinski definition) is 6. The monoisotopic (exact) mass is 527 g/mol. The molecule has 0 spiro atoms. The number of piperazine rings is 1. The minimum Gasteiger partial charge on any atom is -0.461 e. The molecule has 0 bridgehead atoms. The van der Waals surface area contributed by atoms with Crippen LogP contribution < -0.4 is 4.90 Å². The number of aromatic nitrogens is 3. The molecule has 0 atom stereocenters. The van der Waals surface area contributed by atoms with Gasteiger partial charge in [-0.2, -0.15) is 0 Å². The van der Waals surface area contributed by atoms with Crippen LogP contribution >= 0.6 is 35.0 Å². The van der Waals surface area contributed by atoms with Crippen LogP contribution in [-0.2, 0) is 4.79 Å². The van der Waals surface area contributed by atoms with E-state index in [1.54, 1.807) is 12.3 Å². The van der Waals surface area contributed by atoms with Gasteiger partial charge in [-0.25, -0.2) is 0 Å². The molecule has 1 fully saturated rings. The molecule has 0 saturated carbocycles. The van der Waals surface area contributed by atoms with Crippen molar-refractivity contribution in [3.05, 3.63) is 76.5 Å². The number of amides is 1. The Hall–Kier alpha value is -2.94. The molecule has 5 rings (SSSR count). The van der Waals surface area contributed by atoms with Crippen molar-refractivity contribution in [3.8, 4) is 17.3 Å². The summed E-state index contributed by atoms with van der Waals surface area (Å²) in [7, 11) is 0. The van der Waals surface area contributed by atoms with Crippen LogP contribution in [0.1, 0.15) is 5.56 Å². The molecule has 35 heavy (non-hydrogen) atoms.